The zero-order chi connectivity index (χ0) is 27.2. The van der Waals surface area contributed by atoms with Crippen LogP contribution in [0, 0.1) is 12.7 Å². The topological polar surface area (TPSA) is 72.5 Å². The minimum absolute atomic E-state index is 0.231. The minimum Gasteiger partial charge on any atom is -0.496 e. The molecule has 7 heteroatoms. The molecule has 0 aliphatic heterocycles. The largest absolute Gasteiger partial charge is 0.496 e. The number of carbonyl (C=O) groups excluding carboxylic acids is 1. The molecule has 1 aromatic heterocycles. The highest BCUT2D eigenvalue weighted by Gasteiger charge is 2.24. The number of esters is 1. The second kappa shape index (κ2) is 11.8. The summed E-state index contributed by atoms with van der Waals surface area (Å²) >= 11 is 0. The fourth-order valence-corrected chi connectivity index (χ4v) is 4.47. The van der Waals surface area contributed by atoms with Crippen molar-refractivity contribution in [3.8, 4) is 28.0 Å². The predicted octanol–water partition coefficient (Wildman–Crippen LogP) is 7.09. The molecule has 1 heterocycles. The van der Waals surface area contributed by atoms with E-state index in [4.69, 9.17) is 9.47 Å². The Morgan fingerprint density at radius 3 is 2.37 bits per heavy atom. The van der Waals surface area contributed by atoms with Crippen LogP contribution in [0.4, 0.5) is 15.9 Å². The summed E-state index contributed by atoms with van der Waals surface area (Å²) in [5.41, 5.74) is 4.87. The van der Waals surface area contributed by atoms with Crippen LogP contribution < -0.4 is 15.4 Å². The van der Waals surface area contributed by atoms with E-state index in [1.54, 1.807) is 18.3 Å². The third-order valence-corrected chi connectivity index (χ3v) is 6.22. The van der Waals surface area contributed by atoms with Crippen molar-refractivity contribution in [1.29, 1.82) is 0 Å². The van der Waals surface area contributed by atoms with E-state index in [9.17, 15) is 4.79 Å². The Bertz CT molecular complexity index is 1420. The summed E-state index contributed by atoms with van der Waals surface area (Å²) in [7, 11) is 2.86. The lowest BCUT2D eigenvalue weighted by molar-refractivity contribution is 0.0601. The molecule has 2 N–H and O–H groups in total. The van der Waals surface area contributed by atoms with E-state index in [0.29, 0.717) is 45.8 Å². The molecule has 0 fully saturated rings. The standard InChI is InChI=1S/C31H32FN3O3/c1-19(2)35-28-14-11-22(18-34-28)29-20(3)30(37-4)25(16-26(29)31(36)38-5)24-13-12-23(15-27(24)32)33-17-21-9-7-6-8-10-21/h6-16,18-19,33H,17H2,1-5H3,(H,34,35). The van der Waals surface area contributed by atoms with Gasteiger partial charge in [0.2, 0.25) is 0 Å². The number of benzene rings is 3. The van der Waals surface area contributed by atoms with E-state index in [2.05, 4.69) is 15.6 Å². The van der Waals surface area contributed by atoms with Crippen LogP contribution in [0.1, 0.15) is 35.3 Å². The van der Waals surface area contributed by atoms with Crippen LogP contribution in [-0.2, 0) is 11.3 Å². The Kier molecular flexibility index (Phi) is 8.26. The summed E-state index contributed by atoms with van der Waals surface area (Å²) in [5, 5.41) is 6.50. The molecule has 0 bridgehead atoms. The summed E-state index contributed by atoms with van der Waals surface area (Å²) in [6.45, 7) is 6.48. The van der Waals surface area contributed by atoms with Gasteiger partial charge in [-0.3, -0.25) is 0 Å². The van der Waals surface area contributed by atoms with Crippen LogP contribution in [-0.4, -0.2) is 31.2 Å². The molecule has 0 radical (unpaired) electrons. The highest BCUT2D eigenvalue weighted by Crippen LogP contribution is 2.42. The number of nitrogens with one attached hydrogen (secondary N) is 2. The van der Waals surface area contributed by atoms with Crippen LogP contribution in [0.3, 0.4) is 0 Å². The van der Waals surface area contributed by atoms with E-state index in [-0.39, 0.29) is 6.04 Å². The average Bonchev–Trinajstić information content (AvgIpc) is 2.92. The Morgan fingerprint density at radius 2 is 1.76 bits per heavy atom. The number of anilines is 2. The maximum absolute atomic E-state index is 15.5. The van der Waals surface area contributed by atoms with Crippen molar-refractivity contribution < 1.29 is 18.7 Å². The van der Waals surface area contributed by atoms with E-state index in [0.717, 1.165) is 16.9 Å². The van der Waals surface area contributed by atoms with Gasteiger partial charge in [-0.2, -0.15) is 0 Å². The number of hydrogen-bond acceptors (Lipinski definition) is 6. The molecule has 4 aromatic rings. The quantitative estimate of drug-likeness (QED) is 0.233. The monoisotopic (exact) mass is 513 g/mol. The van der Waals surface area contributed by atoms with E-state index < -0.39 is 11.8 Å². The van der Waals surface area contributed by atoms with Gasteiger partial charge in [-0.15, -0.1) is 0 Å². The fourth-order valence-electron chi connectivity index (χ4n) is 4.47. The van der Waals surface area contributed by atoms with Crippen molar-refractivity contribution in [2.24, 2.45) is 0 Å². The predicted molar refractivity (Wildman–Crippen MR) is 150 cm³/mol. The molecule has 6 nitrogen and oxygen atoms in total. The van der Waals surface area contributed by atoms with Crippen LogP contribution in [0.5, 0.6) is 5.75 Å². The molecule has 0 saturated heterocycles. The lowest BCUT2D eigenvalue weighted by Crippen LogP contribution is -2.11. The van der Waals surface area contributed by atoms with Crippen LogP contribution in [0.15, 0.2) is 72.9 Å². The Balaban J connectivity index is 1.75. The summed E-state index contributed by atoms with van der Waals surface area (Å²) in [5.74, 6) is 0.238. The Morgan fingerprint density at radius 1 is 1.00 bits per heavy atom. The molecule has 0 aliphatic carbocycles. The lowest BCUT2D eigenvalue weighted by atomic mass is 9.90. The first kappa shape index (κ1) is 26.7. The number of ether oxygens (including phenoxy) is 2. The Hall–Kier alpha value is -4.39. The molecule has 0 atom stereocenters. The molecule has 0 amide bonds. The molecule has 0 saturated carbocycles. The summed E-state index contributed by atoms with van der Waals surface area (Å²) < 4.78 is 26.3. The number of halogens is 1. The van der Waals surface area contributed by atoms with Gasteiger partial charge in [0.05, 0.1) is 19.8 Å². The van der Waals surface area contributed by atoms with Gasteiger partial charge in [-0.25, -0.2) is 14.2 Å². The molecule has 0 spiro atoms. The third kappa shape index (κ3) is 5.78. The van der Waals surface area contributed by atoms with Crippen molar-refractivity contribution in [1.82, 2.24) is 4.98 Å². The second-order valence-electron chi connectivity index (χ2n) is 9.26. The van der Waals surface area contributed by atoms with E-state index >= 15 is 4.39 Å². The highest BCUT2D eigenvalue weighted by atomic mass is 19.1. The molecule has 3 aromatic carbocycles. The van der Waals surface area contributed by atoms with Crippen LogP contribution in [0.2, 0.25) is 0 Å². The highest BCUT2D eigenvalue weighted by molar-refractivity contribution is 6.01. The van der Waals surface area contributed by atoms with E-state index in [1.807, 2.05) is 69.3 Å². The number of rotatable bonds is 9. The van der Waals surface area contributed by atoms with Gasteiger partial charge in [0.1, 0.15) is 17.4 Å². The van der Waals surface area contributed by atoms with Crippen molar-refractivity contribution in [2.75, 3.05) is 24.9 Å². The van der Waals surface area contributed by atoms with Gasteiger partial charge in [-0.05, 0) is 62.7 Å². The van der Waals surface area contributed by atoms with Crippen molar-refractivity contribution in [2.45, 2.75) is 33.4 Å². The van der Waals surface area contributed by atoms with Gasteiger partial charge in [0, 0.05) is 52.3 Å². The maximum Gasteiger partial charge on any atom is 0.338 e. The number of carbonyl (C=O) groups is 1. The molecular weight excluding hydrogens is 481 g/mol. The molecule has 0 aliphatic rings. The summed E-state index contributed by atoms with van der Waals surface area (Å²) in [6.07, 6.45) is 1.70. The summed E-state index contributed by atoms with van der Waals surface area (Å²) in [6, 6.07) is 20.4. The molecule has 4 rings (SSSR count). The molecule has 0 unspecified atom stereocenters. The van der Waals surface area contributed by atoms with Crippen LogP contribution >= 0.6 is 0 Å². The SMILES string of the molecule is COC(=O)c1cc(-c2ccc(NCc3ccccc3)cc2F)c(OC)c(C)c1-c1ccc(NC(C)C)nc1. The number of pyridine rings is 1. The summed E-state index contributed by atoms with van der Waals surface area (Å²) in [4.78, 5) is 17.4. The molecule has 196 valence electrons. The van der Waals surface area contributed by atoms with Crippen molar-refractivity contribution >= 4 is 17.5 Å². The molecule has 38 heavy (non-hydrogen) atoms. The number of aromatic nitrogens is 1. The maximum atomic E-state index is 15.5. The van der Waals surface area contributed by atoms with Crippen molar-refractivity contribution in [3.63, 3.8) is 0 Å². The molecular formula is C31H32FN3O3. The van der Waals surface area contributed by atoms with Crippen molar-refractivity contribution in [3.05, 3.63) is 95.4 Å². The number of nitrogens with zero attached hydrogens (tertiary/aromatic N) is 1. The average molecular weight is 514 g/mol. The minimum atomic E-state index is -0.530. The first-order chi connectivity index (χ1) is 18.3. The van der Waals surface area contributed by atoms with Gasteiger partial charge < -0.3 is 20.1 Å². The van der Waals surface area contributed by atoms with Gasteiger partial charge in [0.25, 0.3) is 0 Å². The number of hydrogen-bond donors (Lipinski definition) is 2. The van der Waals surface area contributed by atoms with E-state index in [1.165, 1.54) is 20.3 Å². The lowest BCUT2D eigenvalue weighted by Gasteiger charge is -2.20. The Labute approximate surface area is 222 Å². The second-order valence-corrected chi connectivity index (χ2v) is 9.26. The smallest absolute Gasteiger partial charge is 0.338 e. The van der Waals surface area contributed by atoms with Crippen LogP contribution in [0.25, 0.3) is 22.3 Å². The zero-order valence-electron chi connectivity index (χ0n) is 22.3. The first-order valence-corrected chi connectivity index (χ1v) is 12.4. The normalized spacial score (nSPS) is 10.8. The fraction of sp³-hybridized carbons (Fsp3) is 0.226. The number of methoxy groups -OCH3 is 2. The van der Waals surface area contributed by atoms with Gasteiger partial charge in [0.15, 0.2) is 0 Å². The van der Waals surface area contributed by atoms with Gasteiger partial charge >= 0.3 is 5.97 Å². The first-order valence-electron chi connectivity index (χ1n) is 12.4. The van der Waals surface area contributed by atoms with Gasteiger partial charge in [-0.1, -0.05) is 30.3 Å². The third-order valence-electron chi connectivity index (χ3n) is 6.22. The zero-order valence-corrected chi connectivity index (χ0v) is 22.3.